The fraction of sp³-hybridized carbons (Fsp3) is 0.0625. The molecule has 3 rings (SSSR count). The van der Waals surface area contributed by atoms with Crippen molar-refractivity contribution in [1.29, 1.82) is 0 Å². The van der Waals surface area contributed by atoms with E-state index in [9.17, 15) is 12.8 Å². The Hall–Kier alpha value is -2.19. The molecule has 1 heterocycles. The Kier molecular flexibility index (Phi) is 4.18. The summed E-state index contributed by atoms with van der Waals surface area (Å²) >= 11 is 3.34. The summed E-state index contributed by atoms with van der Waals surface area (Å²) in [5, 5.41) is 4.10. The lowest BCUT2D eigenvalue weighted by atomic mass is 10.2. The van der Waals surface area contributed by atoms with Crippen LogP contribution in [0.1, 0.15) is 5.56 Å². The Morgan fingerprint density at radius 2 is 1.79 bits per heavy atom. The number of nitrogen functional groups attached to an aromatic ring is 1. The molecular formula is C16H13BrFN3O2S. The third-order valence-electron chi connectivity index (χ3n) is 3.50. The number of rotatable bonds is 3. The highest BCUT2D eigenvalue weighted by Gasteiger charge is 2.22. The second-order valence-corrected chi connectivity index (χ2v) is 7.90. The Balaban J connectivity index is 2.08. The molecule has 0 saturated heterocycles. The number of benzene rings is 2. The van der Waals surface area contributed by atoms with E-state index in [0.717, 1.165) is 20.2 Å². The highest BCUT2D eigenvalue weighted by molar-refractivity contribution is 9.10. The van der Waals surface area contributed by atoms with Crippen molar-refractivity contribution < 1.29 is 12.8 Å². The molecule has 0 bridgehead atoms. The van der Waals surface area contributed by atoms with Crippen LogP contribution in [-0.4, -0.2) is 17.6 Å². The molecule has 8 heteroatoms. The van der Waals surface area contributed by atoms with Gasteiger partial charge in [-0.25, -0.2) is 4.39 Å². The molecule has 2 N–H and O–H groups in total. The zero-order chi connectivity index (χ0) is 17.5. The minimum absolute atomic E-state index is 0.0186. The van der Waals surface area contributed by atoms with Gasteiger partial charge in [-0.3, -0.25) is 0 Å². The number of aryl methyl sites for hydroxylation is 1. The van der Waals surface area contributed by atoms with Crippen LogP contribution in [0.25, 0.3) is 11.3 Å². The molecule has 3 aromatic rings. The minimum atomic E-state index is -4.00. The van der Waals surface area contributed by atoms with Gasteiger partial charge in [-0.05, 0) is 42.8 Å². The fourth-order valence-corrected chi connectivity index (χ4v) is 3.77. The second-order valence-electron chi connectivity index (χ2n) is 5.22. The van der Waals surface area contributed by atoms with Crippen molar-refractivity contribution in [2.24, 2.45) is 0 Å². The van der Waals surface area contributed by atoms with Gasteiger partial charge in [0, 0.05) is 16.1 Å². The zero-order valence-electron chi connectivity index (χ0n) is 12.6. The van der Waals surface area contributed by atoms with E-state index in [4.69, 9.17) is 5.73 Å². The zero-order valence-corrected chi connectivity index (χ0v) is 15.0. The largest absolute Gasteiger partial charge is 0.383 e. The van der Waals surface area contributed by atoms with E-state index < -0.39 is 15.8 Å². The van der Waals surface area contributed by atoms with Crippen LogP contribution in [0.15, 0.2) is 57.9 Å². The van der Waals surface area contributed by atoms with Gasteiger partial charge < -0.3 is 5.73 Å². The van der Waals surface area contributed by atoms with Crippen molar-refractivity contribution in [2.75, 3.05) is 5.73 Å². The Labute approximate surface area is 147 Å². The first-order valence-corrected chi connectivity index (χ1v) is 9.15. The first kappa shape index (κ1) is 16.7. The number of nitrogens with zero attached hydrogens (tertiary/aromatic N) is 2. The van der Waals surface area contributed by atoms with Crippen LogP contribution in [0.2, 0.25) is 0 Å². The van der Waals surface area contributed by atoms with Crippen molar-refractivity contribution in [3.8, 4) is 11.3 Å². The highest BCUT2D eigenvalue weighted by Crippen LogP contribution is 2.25. The first-order chi connectivity index (χ1) is 11.3. The Bertz CT molecular complexity index is 1010. The van der Waals surface area contributed by atoms with Crippen molar-refractivity contribution in [3.63, 3.8) is 0 Å². The Morgan fingerprint density at radius 1 is 1.12 bits per heavy atom. The third-order valence-corrected chi connectivity index (χ3v) is 5.63. The minimum Gasteiger partial charge on any atom is -0.383 e. The molecule has 24 heavy (non-hydrogen) atoms. The number of anilines is 1. The molecule has 0 atom stereocenters. The molecule has 0 unspecified atom stereocenters. The van der Waals surface area contributed by atoms with Crippen LogP contribution in [-0.2, 0) is 10.0 Å². The lowest BCUT2D eigenvalue weighted by molar-refractivity contribution is 0.579. The van der Waals surface area contributed by atoms with Crippen molar-refractivity contribution >= 4 is 31.8 Å². The predicted molar refractivity (Wildman–Crippen MR) is 93.5 cm³/mol. The number of aromatic nitrogens is 2. The van der Waals surface area contributed by atoms with E-state index in [1.54, 1.807) is 12.1 Å². The molecule has 5 nitrogen and oxygen atoms in total. The maximum absolute atomic E-state index is 13.4. The van der Waals surface area contributed by atoms with Gasteiger partial charge in [0.25, 0.3) is 10.0 Å². The number of nitrogens with two attached hydrogens (primary N) is 1. The maximum atomic E-state index is 13.4. The van der Waals surface area contributed by atoms with E-state index >= 15 is 0 Å². The van der Waals surface area contributed by atoms with Gasteiger partial charge in [-0.15, -0.1) is 4.09 Å². The molecular weight excluding hydrogens is 397 g/mol. The highest BCUT2D eigenvalue weighted by atomic mass is 79.9. The topological polar surface area (TPSA) is 78.0 Å². The van der Waals surface area contributed by atoms with Crippen LogP contribution in [0.4, 0.5) is 10.2 Å². The summed E-state index contributed by atoms with van der Waals surface area (Å²) in [5.74, 6) is -0.493. The molecule has 0 saturated carbocycles. The number of halogens is 2. The molecule has 0 fully saturated rings. The lowest BCUT2D eigenvalue weighted by Crippen LogP contribution is -2.17. The molecule has 0 aliphatic heterocycles. The molecule has 0 amide bonds. The third kappa shape index (κ3) is 2.94. The summed E-state index contributed by atoms with van der Waals surface area (Å²) in [6.45, 7) is 1.49. The van der Waals surface area contributed by atoms with Gasteiger partial charge in [0.15, 0.2) is 0 Å². The average Bonchev–Trinajstić information content (AvgIpc) is 2.93. The average molecular weight is 410 g/mol. The standard InChI is InChI=1S/C16H13BrFN3O2S/c1-10-8-13(6-7-14(10)18)24(22,23)21-16(19)9-15(20-21)11-2-4-12(17)5-3-11/h2-9H,19H2,1H3. The van der Waals surface area contributed by atoms with Crippen LogP contribution >= 0.6 is 15.9 Å². The van der Waals surface area contributed by atoms with Gasteiger partial charge >= 0.3 is 0 Å². The van der Waals surface area contributed by atoms with E-state index in [-0.39, 0.29) is 16.3 Å². The normalized spacial score (nSPS) is 11.6. The van der Waals surface area contributed by atoms with Crippen LogP contribution in [0.5, 0.6) is 0 Å². The lowest BCUT2D eigenvalue weighted by Gasteiger charge is -2.07. The predicted octanol–water partition coefficient (Wildman–Crippen LogP) is 3.58. The smallest absolute Gasteiger partial charge is 0.284 e. The van der Waals surface area contributed by atoms with E-state index in [1.807, 2.05) is 12.1 Å². The Morgan fingerprint density at radius 3 is 2.42 bits per heavy atom. The van der Waals surface area contributed by atoms with Crippen LogP contribution < -0.4 is 5.73 Å². The van der Waals surface area contributed by atoms with E-state index in [0.29, 0.717) is 5.69 Å². The quantitative estimate of drug-likeness (QED) is 0.716. The molecule has 0 spiro atoms. The SMILES string of the molecule is Cc1cc(S(=O)(=O)n2nc(-c3ccc(Br)cc3)cc2N)ccc1F. The fourth-order valence-electron chi connectivity index (χ4n) is 2.21. The summed E-state index contributed by atoms with van der Waals surface area (Å²) in [5.41, 5.74) is 7.23. The van der Waals surface area contributed by atoms with Gasteiger partial charge in [-0.1, -0.05) is 28.1 Å². The summed E-state index contributed by atoms with van der Waals surface area (Å²) in [6.07, 6.45) is 0. The molecule has 0 aliphatic carbocycles. The van der Waals surface area contributed by atoms with Gasteiger partial charge in [0.1, 0.15) is 11.6 Å². The van der Waals surface area contributed by atoms with Crippen molar-refractivity contribution in [2.45, 2.75) is 11.8 Å². The van der Waals surface area contributed by atoms with Gasteiger partial charge in [0.2, 0.25) is 0 Å². The first-order valence-electron chi connectivity index (χ1n) is 6.92. The molecule has 124 valence electrons. The second kappa shape index (κ2) is 6.03. The number of hydrogen-bond acceptors (Lipinski definition) is 4. The molecule has 0 aliphatic rings. The summed E-state index contributed by atoms with van der Waals surface area (Å²) in [7, 11) is -4.00. The van der Waals surface area contributed by atoms with Crippen LogP contribution in [0, 0.1) is 12.7 Å². The van der Waals surface area contributed by atoms with Crippen LogP contribution in [0.3, 0.4) is 0 Å². The molecule has 2 aromatic carbocycles. The summed E-state index contributed by atoms with van der Waals surface area (Å²) < 4.78 is 40.5. The molecule has 1 aromatic heterocycles. The van der Waals surface area contributed by atoms with Crippen molar-refractivity contribution in [3.05, 3.63) is 64.4 Å². The van der Waals surface area contributed by atoms with Gasteiger partial charge in [0.05, 0.1) is 10.6 Å². The summed E-state index contributed by atoms with van der Waals surface area (Å²) in [4.78, 5) is -0.0708. The van der Waals surface area contributed by atoms with Gasteiger partial charge in [-0.2, -0.15) is 13.5 Å². The number of hydrogen-bond donors (Lipinski definition) is 1. The van der Waals surface area contributed by atoms with Crippen molar-refractivity contribution in [1.82, 2.24) is 9.19 Å². The molecule has 0 radical (unpaired) electrons. The monoisotopic (exact) mass is 409 g/mol. The van der Waals surface area contributed by atoms with E-state index in [2.05, 4.69) is 21.0 Å². The van der Waals surface area contributed by atoms with E-state index in [1.165, 1.54) is 25.1 Å². The summed E-state index contributed by atoms with van der Waals surface area (Å²) in [6, 6.07) is 12.3. The maximum Gasteiger partial charge on any atom is 0.284 e.